The average molecular weight is 404 g/mol. The molecule has 2 aromatic carbocycles. The van der Waals surface area contributed by atoms with Gasteiger partial charge < -0.3 is 9.74 Å². The van der Waals surface area contributed by atoms with E-state index in [1.165, 1.54) is 6.07 Å². The second-order valence-electron chi connectivity index (χ2n) is 7.09. The summed E-state index contributed by atoms with van der Waals surface area (Å²) >= 11 is 0. The van der Waals surface area contributed by atoms with Gasteiger partial charge in [-0.05, 0) is 30.7 Å². The molecule has 1 aromatic heterocycles. The van der Waals surface area contributed by atoms with Crippen LogP contribution in [0.25, 0.3) is 11.0 Å². The third-order valence-corrected chi connectivity index (χ3v) is 5.19. The molecule has 1 saturated heterocycles. The smallest absolute Gasteiger partial charge is 0.412 e. The van der Waals surface area contributed by atoms with E-state index in [1.807, 2.05) is 29.2 Å². The van der Waals surface area contributed by atoms with Crippen LogP contribution in [-0.4, -0.2) is 53.9 Å². The number of fused-ring (bicyclic) bond motifs is 1. The number of piperazine rings is 1. The first-order chi connectivity index (χ1) is 14.0. The second-order valence-corrected chi connectivity index (χ2v) is 7.09. The van der Waals surface area contributed by atoms with E-state index < -0.39 is 11.7 Å². The molecule has 0 N–H and O–H groups in total. The number of hydrogen-bond acceptors (Lipinski definition) is 4. The van der Waals surface area contributed by atoms with Crippen LogP contribution in [0, 0.1) is 0 Å². The van der Waals surface area contributed by atoms with Crippen molar-refractivity contribution in [3.63, 3.8) is 0 Å². The van der Waals surface area contributed by atoms with Gasteiger partial charge in [-0.3, -0.25) is 4.90 Å². The van der Waals surface area contributed by atoms with Crippen molar-refractivity contribution >= 4 is 16.7 Å². The van der Waals surface area contributed by atoms with E-state index in [2.05, 4.69) is 9.88 Å². The van der Waals surface area contributed by atoms with Gasteiger partial charge in [0.1, 0.15) is 18.5 Å². The Bertz CT molecular complexity index is 948. The Morgan fingerprint density at radius 2 is 1.66 bits per heavy atom. The average Bonchev–Trinajstić information content (AvgIpc) is 3.14. The maximum absolute atomic E-state index is 13.2. The van der Waals surface area contributed by atoms with Crippen molar-refractivity contribution in [3.8, 4) is 0 Å². The van der Waals surface area contributed by atoms with E-state index in [4.69, 9.17) is 4.84 Å². The van der Waals surface area contributed by atoms with Gasteiger partial charge in [0.05, 0.1) is 11.1 Å². The van der Waals surface area contributed by atoms with Crippen molar-refractivity contribution in [2.75, 3.05) is 44.2 Å². The predicted octanol–water partition coefficient (Wildman–Crippen LogP) is 3.70. The third-order valence-electron chi connectivity index (χ3n) is 5.19. The van der Waals surface area contributed by atoms with Gasteiger partial charge in [-0.1, -0.05) is 24.3 Å². The van der Waals surface area contributed by atoms with Crippen LogP contribution in [0.4, 0.5) is 18.9 Å². The van der Waals surface area contributed by atoms with Crippen LogP contribution in [-0.2, 0) is 6.18 Å². The Balaban J connectivity index is 1.25. The predicted molar refractivity (Wildman–Crippen MR) is 106 cm³/mol. The lowest BCUT2D eigenvalue weighted by atomic mass is 10.1. The van der Waals surface area contributed by atoms with E-state index in [-0.39, 0.29) is 5.69 Å². The topological polar surface area (TPSA) is 33.5 Å². The lowest BCUT2D eigenvalue weighted by Crippen LogP contribution is -2.47. The lowest BCUT2D eigenvalue weighted by molar-refractivity contribution is -0.137. The summed E-state index contributed by atoms with van der Waals surface area (Å²) in [6, 6.07) is 13.6. The molecule has 3 aromatic rings. The number of aromatic nitrogens is 2. The van der Waals surface area contributed by atoms with E-state index >= 15 is 0 Å². The fourth-order valence-corrected chi connectivity index (χ4v) is 3.69. The maximum Gasteiger partial charge on any atom is 0.418 e. The summed E-state index contributed by atoms with van der Waals surface area (Å²) in [7, 11) is 0. The van der Waals surface area contributed by atoms with Crippen molar-refractivity contribution in [2.24, 2.45) is 0 Å². The molecule has 29 heavy (non-hydrogen) atoms. The highest BCUT2D eigenvalue weighted by molar-refractivity contribution is 5.74. The van der Waals surface area contributed by atoms with Crippen LogP contribution in [0.1, 0.15) is 12.0 Å². The number of rotatable bonds is 6. The van der Waals surface area contributed by atoms with Gasteiger partial charge in [0.2, 0.25) is 0 Å². The molecule has 0 unspecified atom stereocenters. The van der Waals surface area contributed by atoms with Crippen molar-refractivity contribution < 1.29 is 18.0 Å². The van der Waals surface area contributed by atoms with Crippen LogP contribution in [0.3, 0.4) is 0 Å². The molecule has 1 aliphatic rings. The third kappa shape index (κ3) is 4.48. The summed E-state index contributed by atoms with van der Waals surface area (Å²) < 4.78 is 41.4. The molecule has 1 aliphatic heterocycles. The van der Waals surface area contributed by atoms with Crippen LogP contribution >= 0.6 is 0 Å². The van der Waals surface area contributed by atoms with Crippen molar-refractivity contribution in [1.82, 2.24) is 14.6 Å². The Hall–Kier alpha value is -2.74. The summed E-state index contributed by atoms with van der Waals surface area (Å²) in [5.74, 6) is 0. The molecule has 0 amide bonds. The van der Waals surface area contributed by atoms with Gasteiger partial charge in [0.25, 0.3) is 0 Å². The van der Waals surface area contributed by atoms with Crippen LogP contribution in [0.5, 0.6) is 0 Å². The molecule has 0 radical (unpaired) electrons. The fourth-order valence-electron chi connectivity index (χ4n) is 3.69. The lowest BCUT2D eigenvalue weighted by Gasteiger charge is -2.37. The van der Waals surface area contributed by atoms with E-state index in [9.17, 15) is 13.2 Å². The van der Waals surface area contributed by atoms with Gasteiger partial charge >= 0.3 is 6.18 Å². The number of anilines is 1. The van der Waals surface area contributed by atoms with Crippen LogP contribution in [0.2, 0.25) is 0 Å². The Morgan fingerprint density at radius 1 is 0.931 bits per heavy atom. The highest BCUT2D eigenvalue weighted by atomic mass is 19.4. The maximum atomic E-state index is 13.2. The van der Waals surface area contributed by atoms with E-state index in [0.717, 1.165) is 43.2 Å². The largest absolute Gasteiger partial charge is 0.418 e. The molecule has 8 heteroatoms. The van der Waals surface area contributed by atoms with Gasteiger partial charge in [0.15, 0.2) is 0 Å². The summed E-state index contributed by atoms with van der Waals surface area (Å²) in [5.41, 5.74) is 1.54. The minimum atomic E-state index is -4.33. The molecular formula is C21H23F3N4O. The van der Waals surface area contributed by atoms with Gasteiger partial charge in [-0.15, -0.1) is 0 Å². The minimum absolute atomic E-state index is 0.273. The van der Waals surface area contributed by atoms with Crippen molar-refractivity contribution in [2.45, 2.75) is 12.6 Å². The zero-order chi connectivity index (χ0) is 20.3. The number of alkyl halides is 3. The standard InChI is InChI=1S/C21H23F3N4O/c22-21(23,24)17-6-1-3-8-19(17)27-13-11-26(12-14-27)10-5-15-29-28-16-25-18-7-2-4-9-20(18)28/h1-4,6-9,16H,5,10-15H2. The first kappa shape index (κ1) is 19.6. The molecule has 4 rings (SSSR count). The number of hydrogen-bond donors (Lipinski definition) is 0. The molecule has 0 bridgehead atoms. The highest BCUT2D eigenvalue weighted by Gasteiger charge is 2.35. The molecule has 1 fully saturated rings. The zero-order valence-corrected chi connectivity index (χ0v) is 16.0. The van der Waals surface area contributed by atoms with E-state index in [1.54, 1.807) is 23.2 Å². The molecule has 0 aliphatic carbocycles. The van der Waals surface area contributed by atoms with Gasteiger partial charge in [0, 0.05) is 38.4 Å². The number of para-hydroxylation sites is 3. The number of benzene rings is 2. The molecule has 0 atom stereocenters. The second kappa shape index (κ2) is 8.32. The van der Waals surface area contributed by atoms with Crippen molar-refractivity contribution in [1.29, 1.82) is 0 Å². The minimum Gasteiger partial charge on any atom is -0.412 e. The zero-order valence-electron chi connectivity index (χ0n) is 16.0. The van der Waals surface area contributed by atoms with Crippen LogP contribution in [0.15, 0.2) is 54.9 Å². The molecule has 154 valence electrons. The molecule has 0 spiro atoms. The van der Waals surface area contributed by atoms with E-state index in [0.29, 0.717) is 19.7 Å². The van der Waals surface area contributed by atoms with Gasteiger partial charge in [-0.25, -0.2) is 4.98 Å². The highest BCUT2D eigenvalue weighted by Crippen LogP contribution is 2.36. The first-order valence-electron chi connectivity index (χ1n) is 9.71. The normalized spacial score (nSPS) is 15.8. The summed E-state index contributed by atoms with van der Waals surface area (Å²) in [4.78, 5) is 14.2. The summed E-state index contributed by atoms with van der Waals surface area (Å²) in [5, 5.41) is 0. The summed E-state index contributed by atoms with van der Waals surface area (Å²) in [6.07, 6.45) is -1.82. The number of nitrogens with zero attached hydrogens (tertiary/aromatic N) is 4. The first-order valence-corrected chi connectivity index (χ1v) is 9.71. The number of imidazole rings is 1. The Morgan fingerprint density at radius 3 is 2.45 bits per heavy atom. The molecule has 0 saturated carbocycles. The monoisotopic (exact) mass is 404 g/mol. The van der Waals surface area contributed by atoms with Gasteiger partial charge in [-0.2, -0.15) is 17.9 Å². The number of halogens is 3. The molecule has 5 nitrogen and oxygen atoms in total. The Kier molecular flexibility index (Phi) is 5.62. The summed E-state index contributed by atoms with van der Waals surface area (Å²) in [6.45, 7) is 4.04. The van der Waals surface area contributed by atoms with Crippen LogP contribution < -0.4 is 9.74 Å². The molecular weight excluding hydrogens is 381 g/mol. The fraction of sp³-hybridized carbons (Fsp3) is 0.381. The molecule has 2 heterocycles. The SMILES string of the molecule is FC(F)(F)c1ccccc1N1CCN(CCCOn2cnc3ccccc32)CC1. The quantitative estimate of drug-likeness (QED) is 0.587. The van der Waals surface area contributed by atoms with Crippen molar-refractivity contribution in [3.05, 3.63) is 60.4 Å². The Labute approximate surface area is 167 Å².